The van der Waals surface area contributed by atoms with E-state index in [1.165, 1.54) is 7.11 Å². The Morgan fingerprint density at radius 2 is 1.45 bits per heavy atom. The van der Waals surface area contributed by atoms with Gasteiger partial charge in [0.1, 0.15) is 0 Å². The maximum absolute atomic E-state index is 12.8. The van der Waals surface area contributed by atoms with Gasteiger partial charge in [-0.3, -0.25) is 14.4 Å². The number of rotatable bonds is 7. The van der Waals surface area contributed by atoms with Crippen molar-refractivity contribution in [2.75, 3.05) is 12.4 Å². The van der Waals surface area contributed by atoms with Crippen LogP contribution in [-0.2, 0) is 9.53 Å². The Morgan fingerprint density at radius 3 is 2.06 bits per heavy atom. The van der Waals surface area contributed by atoms with Crippen molar-refractivity contribution in [3.05, 3.63) is 100 Å². The first kappa shape index (κ1) is 22.2. The summed E-state index contributed by atoms with van der Waals surface area (Å²) in [5.74, 6) is -0.990. The van der Waals surface area contributed by atoms with E-state index in [2.05, 4.69) is 26.6 Å². The van der Waals surface area contributed by atoms with Crippen molar-refractivity contribution in [1.82, 2.24) is 5.32 Å². The fraction of sp³-hybridized carbons (Fsp3) is 0.125. The molecule has 158 valence electrons. The molecule has 0 spiro atoms. The summed E-state index contributed by atoms with van der Waals surface area (Å²) < 4.78 is 5.66. The lowest BCUT2D eigenvalue weighted by Crippen LogP contribution is -2.30. The maximum atomic E-state index is 12.8. The zero-order valence-corrected chi connectivity index (χ0v) is 18.4. The molecule has 0 heterocycles. The van der Waals surface area contributed by atoms with Crippen LogP contribution in [0.2, 0.25) is 0 Å². The molecule has 31 heavy (non-hydrogen) atoms. The van der Waals surface area contributed by atoms with Crippen molar-refractivity contribution in [2.45, 2.75) is 12.5 Å². The van der Waals surface area contributed by atoms with Gasteiger partial charge in [0.2, 0.25) is 0 Å². The Hall–Kier alpha value is -3.45. The first-order valence-corrected chi connectivity index (χ1v) is 10.3. The van der Waals surface area contributed by atoms with Gasteiger partial charge < -0.3 is 15.4 Å². The van der Waals surface area contributed by atoms with Gasteiger partial charge >= 0.3 is 5.97 Å². The van der Waals surface area contributed by atoms with Crippen LogP contribution in [0.5, 0.6) is 0 Å². The predicted octanol–water partition coefficient (Wildman–Crippen LogP) is 4.74. The molecule has 1 atom stereocenters. The van der Waals surface area contributed by atoms with Crippen LogP contribution in [0.4, 0.5) is 5.69 Å². The molecule has 3 aromatic rings. The summed E-state index contributed by atoms with van der Waals surface area (Å²) in [6.07, 6.45) is 0.00902. The molecule has 0 aliphatic heterocycles. The summed E-state index contributed by atoms with van der Waals surface area (Å²) >= 11 is 3.38. The topological polar surface area (TPSA) is 84.5 Å². The van der Waals surface area contributed by atoms with E-state index in [0.29, 0.717) is 16.8 Å². The lowest BCUT2D eigenvalue weighted by atomic mass is 10.0. The Morgan fingerprint density at radius 1 is 0.839 bits per heavy atom. The minimum atomic E-state index is -0.537. The molecule has 0 radical (unpaired) electrons. The van der Waals surface area contributed by atoms with E-state index in [9.17, 15) is 14.4 Å². The third-order valence-corrected chi connectivity index (χ3v) is 5.15. The van der Waals surface area contributed by atoms with Crippen LogP contribution in [0.1, 0.15) is 38.7 Å². The van der Waals surface area contributed by atoms with Crippen LogP contribution < -0.4 is 10.6 Å². The molecule has 0 fully saturated rings. The van der Waals surface area contributed by atoms with Gasteiger partial charge in [-0.05, 0) is 54.1 Å². The standard InChI is InChI=1S/C24H21BrN2O4/c1-31-22(28)15-21(16-7-11-19(25)12-8-16)27-24(30)18-9-13-20(14-10-18)26-23(29)17-5-3-2-4-6-17/h2-14,21H,15H2,1H3,(H,26,29)(H,27,30). The molecule has 3 rings (SSSR count). The third-order valence-electron chi connectivity index (χ3n) is 4.62. The minimum Gasteiger partial charge on any atom is -0.469 e. The summed E-state index contributed by atoms with van der Waals surface area (Å²) in [7, 11) is 1.31. The summed E-state index contributed by atoms with van der Waals surface area (Å²) in [6.45, 7) is 0. The number of amides is 2. The number of esters is 1. The lowest BCUT2D eigenvalue weighted by molar-refractivity contribution is -0.141. The first-order valence-electron chi connectivity index (χ1n) is 9.56. The molecule has 7 heteroatoms. The number of nitrogens with one attached hydrogen (secondary N) is 2. The quantitative estimate of drug-likeness (QED) is 0.478. The molecule has 3 aromatic carbocycles. The molecule has 6 nitrogen and oxygen atoms in total. The van der Waals surface area contributed by atoms with Crippen LogP contribution in [0, 0.1) is 0 Å². The van der Waals surface area contributed by atoms with Crippen LogP contribution in [0.3, 0.4) is 0 Å². The highest BCUT2D eigenvalue weighted by Crippen LogP contribution is 2.21. The number of hydrogen-bond acceptors (Lipinski definition) is 4. The Bertz CT molecular complexity index is 1050. The van der Waals surface area contributed by atoms with Gasteiger partial charge in [0.25, 0.3) is 11.8 Å². The van der Waals surface area contributed by atoms with Crippen LogP contribution in [0.25, 0.3) is 0 Å². The van der Waals surface area contributed by atoms with Gasteiger partial charge in [0, 0.05) is 21.3 Å². The molecule has 0 aliphatic carbocycles. The Balaban J connectivity index is 1.69. The van der Waals surface area contributed by atoms with Crippen molar-refractivity contribution >= 4 is 39.4 Å². The smallest absolute Gasteiger partial charge is 0.307 e. The second-order valence-corrected chi connectivity index (χ2v) is 7.67. The van der Waals surface area contributed by atoms with E-state index >= 15 is 0 Å². The molecule has 0 aliphatic rings. The van der Waals surface area contributed by atoms with Gasteiger partial charge in [-0.15, -0.1) is 0 Å². The molecular formula is C24H21BrN2O4. The van der Waals surface area contributed by atoms with Crippen molar-refractivity contribution < 1.29 is 19.1 Å². The molecule has 0 bridgehead atoms. The number of methoxy groups -OCH3 is 1. The highest BCUT2D eigenvalue weighted by molar-refractivity contribution is 9.10. The van der Waals surface area contributed by atoms with E-state index in [-0.39, 0.29) is 18.2 Å². The van der Waals surface area contributed by atoms with Crippen molar-refractivity contribution in [2.24, 2.45) is 0 Å². The second kappa shape index (κ2) is 10.5. The van der Waals surface area contributed by atoms with E-state index in [1.807, 2.05) is 30.3 Å². The monoisotopic (exact) mass is 480 g/mol. The largest absolute Gasteiger partial charge is 0.469 e. The highest BCUT2D eigenvalue weighted by Gasteiger charge is 2.20. The SMILES string of the molecule is COC(=O)CC(NC(=O)c1ccc(NC(=O)c2ccccc2)cc1)c1ccc(Br)cc1. The summed E-state index contributed by atoms with van der Waals surface area (Å²) in [5.41, 5.74) is 2.31. The number of carbonyl (C=O) groups excluding carboxylic acids is 3. The van der Waals surface area contributed by atoms with Gasteiger partial charge in [-0.2, -0.15) is 0 Å². The number of carbonyl (C=O) groups is 3. The van der Waals surface area contributed by atoms with Gasteiger partial charge in [-0.1, -0.05) is 46.3 Å². The zero-order chi connectivity index (χ0) is 22.2. The molecule has 0 aromatic heterocycles. The Kier molecular flexibility index (Phi) is 7.56. The van der Waals surface area contributed by atoms with Gasteiger partial charge in [-0.25, -0.2) is 0 Å². The molecule has 1 unspecified atom stereocenters. The summed E-state index contributed by atoms with van der Waals surface area (Å²) in [5, 5.41) is 5.67. The molecule has 0 saturated heterocycles. The highest BCUT2D eigenvalue weighted by atomic mass is 79.9. The summed E-state index contributed by atoms with van der Waals surface area (Å²) in [6, 6.07) is 22.2. The minimum absolute atomic E-state index is 0.00902. The second-order valence-electron chi connectivity index (χ2n) is 6.76. The lowest BCUT2D eigenvalue weighted by Gasteiger charge is -2.18. The van der Waals surface area contributed by atoms with Crippen LogP contribution >= 0.6 is 15.9 Å². The number of hydrogen-bond donors (Lipinski definition) is 2. The zero-order valence-electron chi connectivity index (χ0n) is 16.8. The first-order chi connectivity index (χ1) is 15.0. The molecule has 2 amide bonds. The van der Waals surface area contributed by atoms with Crippen molar-refractivity contribution in [3.8, 4) is 0 Å². The fourth-order valence-corrected chi connectivity index (χ4v) is 3.20. The van der Waals surface area contributed by atoms with Gasteiger partial charge in [0.15, 0.2) is 0 Å². The molecular weight excluding hydrogens is 460 g/mol. The molecule has 0 saturated carbocycles. The average Bonchev–Trinajstić information content (AvgIpc) is 2.80. The fourth-order valence-electron chi connectivity index (χ4n) is 2.94. The number of ether oxygens (including phenoxy) is 1. The van der Waals surface area contributed by atoms with Crippen LogP contribution in [0.15, 0.2) is 83.3 Å². The average molecular weight is 481 g/mol. The number of anilines is 1. The molecule has 2 N–H and O–H groups in total. The third kappa shape index (κ3) is 6.26. The van der Waals surface area contributed by atoms with E-state index < -0.39 is 12.0 Å². The number of halogens is 1. The number of benzene rings is 3. The normalized spacial score (nSPS) is 11.3. The van der Waals surface area contributed by atoms with Gasteiger partial charge in [0.05, 0.1) is 19.6 Å². The van der Waals surface area contributed by atoms with E-state index in [0.717, 1.165) is 10.0 Å². The van der Waals surface area contributed by atoms with Crippen molar-refractivity contribution in [1.29, 1.82) is 0 Å². The van der Waals surface area contributed by atoms with E-state index in [1.54, 1.807) is 48.5 Å². The van der Waals surface area contributed by atoms with Crippen molar-refractivity contribution in [3.63, 3.8) is 0 Å². The summed E-state index contributed by atoms with van der Waals surface area (Å²) in [4.78, 5) is 36.8. The Labute approximate surface area is 188 Å². The maximum Gasteiger partial charge on any atom is 0.307 e. The predicted molar refractivity (Wildman–Crippen MR) is 122 cm³/mol. The van der Waals surface area contributed by atoms with Crippen LogP contribution in [-0.4, -0.2) is 24.9 Å². The van der Waals surface area contributed by atoms with E-state index in [4.69, 9.17) is 4.74 Å².